The number of nitrogens with zero attached hydrogens (tertiary/aromatic N) is 3. The third-order valence-electron chi connectivity index (χ3n) is 4.88. The van der Waals surface area contributed by atoms with Crippen LogP contribution in [-0.2, 0) is 16.0 Å². The molecule has 1 fully saturated rings. The molecule has 1 amide bonds. The Kier molecular flexibility index (Phi) is 6.09. The van der Waals surface area contributed by atoms with Crippen LogP contribution in [-0.4, -0.2) is 50.5 Å². The predicted octanol–water partition coefficient (Wildman–Crippen LogP) is 4.03. The number of carboxylic acid groups (broad SMARTS) is 1. The molecule has 3 rings (SSSR count). The van der Waals surface area contributed by atoms with Crippen LogP contribution in [0.3, 0.4) is 0 Å². The topological polar surface area (TPSA) is 84.7 Å². The van der Waals surface area contributed by atoms with Gasteiger partial charge in [-0.1, -0.05) is 0 Å². The highest BCUT2D eigenvalue weighted by Crippen LogP contribution is 2.29. The van der Waals surface area contributed by atoms with Gasteiger partial charge in [0.2, 0.25) is 0 Å². The summed E-state index contributed by atoms with van der Waals surface area (Å²) in [4.78, 5) is 24.6. The van der Waals surface area contributed by atoms with E-state index in [1.54, 1.807) is 15.8 Å². The van der Waals surface area contributed by atoms with E-state index in [4.69, 9.17) is 9.84 Å². The zero-order valence-corrected chi connectivity index (χ0v) is 17.2. The molecule has 162 valence electrons. The van der Waals surface area contributed by atoms with Gasteiger partial charge in [0, 0.05) is 36.0 Å². The second kappa shape index (κ2) is 8.41. The zero-order valence-electron chi connectivity index (χ0n) is 17.2. The van der Waals surface area contributed by atoms with Crippen LogP contribution >= 0.6 is 0 Å². The Bertz CT molecular complexity index is 944. The lowest BCUT2D eigenvalue weighted by Crippen LogP contribution is -2.42. The van der Waals surface area contributed by atoms with Gasteiger partial charge in [0.1, 0.15) is 17.2 Å². The van der Waals surface area contributed by atoms with E-state index < -0.39 is 29.6 Å². The number of benzene rings is 1. The van der Waals surface area contributed by atoms with Crippen LogP contribution < -0.4 is 0 Å². The van der Waals surface area contributed by atoms with Gasteiger partial charge in [0.25, 0.3) is 0 Å². The Balaban J connectivity index is 1.68. The number of carboxylic acids is 1. The van der Waals surface area contributed by atoms with E-state index in [0.29, 0.717) is 31.5 Å². The standard InChI is InChI=1S/C21H25F2N3O4/c1-21(2,3)30-20(29)25-6-4-15(5-7-25)26-12-14(11-24-26)16-10-17(22)13(8-18(16)23)9-19(27)28/h8,10-12,15H,4-7,9H2,1-3H3,(H,27,28). The van der Waals surface area contributed by atoms with Crippen molar-refractivity contribution in [2.45, 2.75) is 51.7 Å². The summed E-state index contributed by atoms with van der Waals surface area (Å²) in [6.07, 6.45) is 3.49. The first-order valence-electron chi connectivity index (χ1n) is 9.75. The smallest absolute Gasteiger partial charge is 0.410 e. The molecule has 9 heteroatoms. The van der Waals surface area contributed by atoms with Gasteiger partial charge < -0.3 is 14.7 Å². The van der Waals surface area contributed by atoms with Crippen molar-refractivity contribution >= 4 is 12.1 Å². The maximum Gasteiger partial charge on any atom is 0.410 e. The Labute approximate surface area is 173 Å². The number of aliphatic carboxylic acids is 1. The van der Waals surface area contributed by atoms with Crippen molar-refractivity contribution in [1.29, 1.82) is 0 Å². The molecule has 0 saturated carbocycles. The normalized spacial score (nSPS) is 15.3. The number of aromatic nitrogens is 2. The molecule has 1 aromatic heterocycles. The van der Waals surface area contributed by atoms with Crippen LogP contribution in [0.15, 0.2) is 24.5 Å². The molecule has 30 heavy (non-hydrogen) atoms. The van der Waals surface area contributed by atoms with E-state index >= 15 is 0 Å². The number of carbonyl (C=O) groups is 2. The van der Waals surface area contributed by atoms with E-state index in [9.17, 15) is 18.4 Å². The number of carbonyl (C=O) groups excluding carboxylic acids is 1. The summed E-state index contributed by atoms with van der Waals surface area (Å²) >= 11 is 0. The molecule has 1 saturated heterocycles. The van der Waals surface area contributed by atoms with Crippen molar-refractivity contribution in [2.75, 3.05) is 13.1 Å². The first-order chi connectivity index (χ1) is 14.0. The van der Waals surface area contributed by atoms with Crippen molar-refractivity contribution in [2.24, 2.45) is 0 Å². The Morgan fingerprint density at radius 2 is 1.87 bits per heavy atom. The van der Waals surface area contributed by atoms with Gasteiger partial charge in [0.05, 0.1) is 18.7 Å². The van der Waals surface area contributed by atoms with E-state index in [2.05, 4.69) is 5.10 Å². The number of amides is 1. The zero-order chi connectivity index (χ0) is 22.1. The predicted molar refractivity (Wildman–Crippen MR) is 105 cm³/mol. The molecule has 0 radical (unpaired) electrons. The first kappa shape index (κ1) is 21.7. The van der Waals surface area contributed by atoms with Crippen molar-refractivity contribution in [1.82, 2.24) is 14.7 Å². The van der Waals surface area contributed by atoms with Gasteiger partial charge in [0.15, 0.2) is 0 Å². The third kappa shape index (κ3) is 5.14. The lowest BCUT2D eigenvalue weighted by Gasteiger charge is -2.33. The third-order valence-corrected chi connectivity index (χ3v) is 4.88. The number of hydrogen-bond donors (Lipinski definition) is 1. The van der Waals surface area contributed by atoms with Crippen LogP contribution in [0, 0.1) is 11.6 Å². The van der Waals surface area contributed by atoms with Crippen molar-refractivity contribution in [3.63, 3.8) is 0 Å². The highest BCUT2D eigenvalue weighted by atomic mass is 19.1. The van der Waals surface area contributed by atoms with Gasteiger partial charge in [-0.15, -0.1) is 0 Å². The number of rotatable bonds is 4. The van der Waals surface area contributed by atoms with E-state index in [1.807, 2.05) is 20.8 Å². The molecular weight excluding hydrogens is 396 g/mol. The number of piperidine rings is 1. The van der Waals surface area contributed by atoms with Gasteiger partial charge >= 0.3 is 12.1 Å². The summed E-state index contributed by atoms with van der Waals surface area (Å²) in [7, 11) is 0. The molecular formula is C21H25F2N3O4. The number of hydrogen-bond acceptors (Lipinski definition) is 4. The summed E-state index contributed by atoms with van der Waals surface area (Å²) in [5.41, 5.74) is -0.322. The molecule has 0 spiro atoms. The average Bonchev–Trinajstić information content (AvgIpc) is 3.12. The minimum Gasteiger partial charge on any atom is -0.481 e. The van der Waals surface area contributed by atoms with E-state index in [1.165, 1.54) is 6.20 Å². The van der Waals surface area contributed by atoms with Crippen LogP contribution in [0.5, 0.6) is 0 Å². The number of likely N-dealkylation sites (tertiary alicyclic amines) is 1. The van der Waals surface area contributed by atoms with E-state index in [-0.39, 0.29) is 23.3 Å². The van der Waals surface area contributed by atoms with E-state index in [0.717, 1.165) is 12.1 Å². The molecule has 2 aromatic rings. The maximum atomic E-state index is 14.4. The molecule has 1 aromatic carbocycles. The van der Waals surface area contributed by atoms with Crippen LogP contribution in [0.2, 0.25) is 0 Å². The molecule has 1 aliphatic rings. The lowest BCUT2D eigenvalue weighted by atomic mass is 10.0. The lowest BCUT2D eigenvalue weighted by molar-refractivity contribution is -0.136. The molecule has 0 unspecified atom stereocenters. The fourth-order valence-corrected chi connectivity index (χ4v) is 3.42. The maximum absolute atomic E-state index is 14.4. The van der Waals surface area contributed by atoms with Crippen LogP contribution in [0.25, 0.3) is 11.1 Å². The van der Waals surface area contributed by atoms with Crippen LogP contribution in [0.4, 0.5) is 13.6 Å². The largest absolute Gasteiger partial charge is 0.481 e. The van der Waals surface area contributed by atoms with Gasteiger partial charge in [-0.3, -0.25) is 9.48 Å². The molecule has 7 nitrogen and oxygen atoms in total. The van der Waals surface area contributed by atoms with Crippen molar-refractivity contribution in [3.05, 3.63) is 41.7 Å². The van der Waals surface area contributed by atoms with Crippen molar-refractivity contribution < 1.29 is 28.2 Å². The summed E-state index contributed by atoms with van der Waals surface area (Å²) in [5, 5.41) is 13.1. The second-order valence-corrected chi connectivity index (χ2v) is 8.40. The molecule has 1 N–H and O–H groups in total. The molecule has 0 bridgehead atoms. The number of halogens is 2. The SMILES string of the molecule is CC(C)(C)OC(=O)N1CCC(n2cc(-c3cc(F)c(CC(=O)O)cc3F)cn2)CC1. The molecule has 1 aliphatic heterocycles. The van der Waals surface area contributed by atoms with Crippen LogP contribution in [0.1, 0.15) is 45.2 Å². The minimum atomic E-state index is -1.23. The number of ether oxygens (including phenoxy) is 1. The summed E-state index contributed by atoms with van der Waals surface area (Å²) in [6.45, 7) is 6.49. The van der Waals surface area contributed by atoms with Gasteiger partial charge in [-0.2, -0.15) is 5.10 Å². The molecule has 0 aliphatic carbocycles. The summed E-state index contributed by atoms with van der Waals surface area (Å²) < 4.78 is 35.7. The van der Waals surface area contributed by atoms with Gasteiger partial charge in [-0.25, -0.2) is 13.6 Å². The Hall–Kier alpha value is -2.97. The highest BCUT2D eigenvalue weighted by molar-refractivity contribution is 5.71. The first-order valence-corrected chi connectivity index (χ1v) is 9.75. The fraction of sp³-hybridized carbons (Fsp3) is 0.476. The molecule has 0 atom stereocenters. The summed E-state index contributed by atoms with van der Waals surface area (Å²) in [6, 6.07) is 1.94. The van der Waals surface area contributed by atoms with Gasteiger partial charge in [-0.05, 0) is 45.7 Å². The Morgan fingerprint density at radius 1 is 1.20 bits per heavy atom. The fourth-order valence-electron chi connectivity index (χ4n) is 3.42. The average molecular weight is 421 g/mol. The quantitative estimate of drug-likeness (QED) is 0.806. The summed E-state index contributed by atoms with van der Waals surface area (Å²) in [5.74, 6) is -2.70. The minimum absolute atomic E-state index is 0.0247. The monoisotopic (exact) mass is 421 g/mol. The molecule has 2 heterocycles. The Morgan fingerprint density at radius 3 is 2.47 bits per heavy atom. The second-order valence-electron chi connectivity index (χ2n) is 8.40. The van der Waals surface area contributed by atoms with Crippen molar-refractivity contribution in [3.8, 4) is 11.1 Å². The highest BCUT2D eigenvalue weighted by Gasteiger charge is 2.28.